The van der Waals surface area contributed by atoms with Crippen LogP contribution in [0, 0.1) is 0 Å². The molecule has 0 saturated carbocycles. The molecule has 21 heavy (non-hydrogen) atoms. The molecule has 2 N–H and O–H groups in total. The maximum atomic E-state index is 11.3. The summed E-state index contributed by atoms with van der Waals surface area (Å²) >= 11 is 0. The Hall–Kier alpha value is -2.33. The normalized spacial score (nSPS) is 14.8. The van der Waals surface area contributed by atoms with Crippen molar-refractivity contribution in [2.45, 2.75) is 12.8 Å². The third-order valence-corrected chi connectivity index (χ3v) is 3.45. The van der Waals surface area contributed by atoms with Crippen LogP contribution in [-0.4, -0.2) is 18.1 Å². The predicted molar refractivity (Wildman–Crippen MR) is 83.7 cm³/mol. The molecule has 1 aromatic carbocycles. The Morgan fingerprint density at radius 2 is 1.95 bits per heavy atom. The monoisotopic (exact) mass is 282 g/mol. The van der Waals surface area contributed by atoms with Gasteiger partial charge in [0.2, 0.25) is 5.88 Å². The fourth-order valence-corrected chi connectivity index (χ4v) is 2.41. The Morgan fingerprint density at radius 1 is 1.10 bits per heavy atom. The summed E-state index contributed by atoms with van der Waals surface area (Å²) in [5.41, 5.74) is 2.51. The first kappa shape index (κ1) is 13.6. The number of hydrogen-bond donors (Lipinski definition) is 2. The van der Waals surface area contributed by atoms with E-state index in [2.05, 4.69) is 22.4 Å². The van der Waals surface area contributed by atoms with Crippen molar-refractivity contribution in [1.82, 2.24) is 10.3 Å². The van der Waals surface area contributed by atoms with Gasteiger partial charge in [-0.3, -0.25) is 4.79 Å². The van der Waals surface area contributed by atoms with Crippen molar-refractivity contribution >= 4 is 6.08 Å². The fourth-order valence-electron chi connectivity index (χ4n) is 2.41. The number of nitrogens with one attached hydrogen (secondary N) is 2. The van der Waals surface area contributed by atoms with E-state index >= 15 is 0 Å². The van der Waals surface area contributed by atoms with E-state index in [9.17, 15) is 4.79 Å². The highest BCUT2D eigenvalue weighted by Gasteiger charge is 2.05. The zero-order valence-electron chi connectivity index (χ0n) is 11.8. The van der Waals surface area contributed by atoms with Crippen molar-refractivity contribution in [1.29, 1.82) is 0 Å². The third-order valence-electron chi connectivity index (χ3n) is 3.45. The van der Waals surface area contributed by atoms with Gasteiger partial charge >= 0.3 is 0 Å². The van der Waals surface area contributed by atoms with Crippen LogP contribution in [-0.2, 0) is 0 Å². The van der Waals surface area contributed by atoms with Crippen LogP contribution in [0.3, 0.4) is 0 Å². The van der Waals surface area contributed by atoms with Gasteiger partial charge in [0, 0.05) is 18.3 Å². The van der Waals surface area contributed by atoms with Gasteiger partial charge in [0.1, 0.15) is 5.75 Å². The van der Waals surface area contributed by atoms with Gasteiger partial charge in [-0.05, 0) is 43.6 Å². The van der Waals surface area contributed by atoms with Crippen molar-refractivity contribution in [2.75, 3.05) is 13.1 Å². The number of aromatic nitrogens is 1. The first-order valence-electron chi connectivity index (χ1n) is 7.16. The number of hydrogen-bond acceptors (Lipinski definition) is 3. The summed E-state index contributed by atoms with van der Waals surface area (Å²) in [4.78, 5) is 14.2. The van der Waals surface area contributed by atoms with Crippen LogP contribution in [0.4, 0.5) is 0 Å². The molecule has 1 fully saturated rings. The smallest absolute Gasteiger partial charge is 0.201 e. The summed E-state index contributed by atoms with van der Waals surface area (Å²) in [6.45, 7) is 2.10. The summed E-state index contributed by atoms with van der Waals surface area (Å²) in [5.74, 6) is 1.18. The molecular formula is C17H18N2O2. The van der Waals surface area contributed by atoms with Gasteiger partial charge in [0.15, 0.2) is 5.43 Å². The van der Waals surface area contributed by atoms with E-state index in [4.69, 9.17) is 4.74 Å². The standard InChI is InChI=1S/C17H18N2O2/c20-15-6-9-19-17(12-15)21-16-3-1-2-14(11-16)10-13-4-7-18-8-5-13/h1-3,6,9-12,18H,4-5,7-8H2,(H,19,20). The topological polar surface area (TPSA) is 54.1 Å². The van der Waals surface area contributed by atoms with E-state index < -0.39 is 0 Å². The van der Waals surface area contributed by atoms with E-state index in [1.807, 2.05) is 18.2 Å². The Morgan fingerprint density at radius 3 is 2.76 bits per heavy atom. The number of pyridine rings is 1. The third kappa shape index (κ3) is 3.83. The zero-order chi connectivity index (χ0) is 14.5. The van der Waals surface area contributed by atoms with Gasteiger partial charge in [0.25, 0.3) is 0 Å². The Kier molecular flexibility index (Phi) is 4.17. The molecule has 4 heteroatoms. The minimum Gasteiger partial charge on any atom is -0.441 e. The van der Waals surface area contributed by atoms with Crippen molar-refractivity contribution in [3.8, 4) is 11.6 Å². The van der Waals surface area contributed by atoms with Crippen molar-refractivity contribution in [3.63, 3.8) is 0 Å². The minimum atomic E-state index is -0.0725. The molecule has 1 aliphatic heterocycles. The average molecular weight is 282 g/mol. The van der Waals surface area contributed by atoms with Crippen LogP contribution in [0.1, 0.15) is 18.4 Å². The molecule has 0 spiro atoms. The van der Waals surface area contributed by atoms with Crippen LogP contribution in [0.15, 0.2) is 53.0 Å². The molecule has 108 valence electrons. The molecule has 0 amide bonds. The molecule has 0 aliphatic carbocycles. The molecule has 2 aromatic rings. The highest BCUT2D eigenvalue weighted by atomic mass is 16.5. The molecule has 1 saturated heterocycles. The van der Waals surface area contributed by atoms with E-state index in [0.29, 0.717) is 5.88 Å². The van der Waals surface area contributed by atoms with Gasteiger partial charge in [0.05, 0.1) is 0 Å². The van der Waals surface area contributed by atoms with Gasteiger partial charge < -0.3 is 15.0 Å². The second-order valence-corrected chi connectivity index (χ2v) is 5.12. The number of ether oxygens (including phenoxy) is 1. The summed E-state index contributed by atoms with van der Waals surface area (Å²) in [6, 6.07) is 10.8. The van der Waals surface area contributed by atoms with Crippen LogP contribution in [0.2, 0.25) is 0 Å². The van der Waals surface area contributed by atoms with Crippen LogP contribution in [0.5, 0.6) is 11.6 Å². The maximum Gasteiger partial charge on any atom is 0.201 e. The van der Waals surface area contributed by atoms with Crippen LogP contribution < -0.4 is 15.5 Å². The molecule has 0 bridgehead atoms. The summed E-state index contributed by atoms with van der Waals surface area (Å²) < 4.78 is 5.69. The molecule has 1 aliphatic rings. The summed E-state index contributed by atoms with van der Waals surface area (Å²) in [6.07, 6.45) is 5.99. The fraction of sp³-hybridized carbons (Fsp3) is 0.235. The van der Waals surface area contributed by atoms with Crippen molar-refractivity contribution < 1.29 is 4.74 Å². The van der Waals surface area contributed by atoms with Crippen molar-refractivity contribution in [2.24, 2.45) is 0 Å². The molecule has 1 aromatic heterocycles. The maximum absolute atomic E-state index is 11.3. The molecular weight excluding hydrogens is 264 g/mol. The second-order valence-electron chi connectivity index (χ2n) is 5.12. The number of aromatic amines is 1. The first-order valence-corrected chi connectivity index (χ1v) is 7.16. The van der Waals surface area contributed by atoms with Gasteiger partial charge in [-0.15, -0.1) is 0 Å². The van der Waals surface area contributed by atoms with E-state index in [1.54, 1.807) is 6.20 Å². The predicted octanol–water partition coefficient (Wildman–Crippen LogP) is 2.93. The summed E-state index contributed by atoms with van der Waals surface area (Å²) in [5, 5.41) is 3.35. The zero-order valence-corrected chi connectivity index (χ0v) is 11.8. The number of rotatable bonds is 3. The lowest BCUT2D eigenvalue weighted by molar-refractivity contribution is 0.462. The Labute approximate surface area is 123 Å². The van der Waals surface area contributed by atoms with E-state index in [-0.39, 0.29) is 5.43 Å². The minimum absolute atomic E-state index is 0.0725. The molecule has 0 radical (unpaired) electrons. The number of benzene rings is 1. The average Bonchev–Trinajstić information content (AvgIpc) is 2.49. The van der Waals surface area contributed by atoms with Gasteiger partial charge in [-0.2, -0.15) is 0 Å². The lowest BCUT2D eigenvalue weighted by atomic mass is 10.0. The number of H-pyrrole nitrogens is 1. The Bertz CT molecular complexity index is 696. The van der Waals surface area contributed by atoms with Crippen molar-refractivity contribution in [3.05, 3.63) is 64.0 Å². The van der Waals surface area contributed by atoms with Gasteiger partial charge in [-0.25, -0.2) is 0 Å². The van der Waals surface area contributed by atoms with Gasteiger partial charge in [-0.1, -0.05) is 23.8 Å². The second kappa shape index (κ2) is 6.41. The van der Waals surface area contributed by atoms with E-state index in [1.165, 1.54) is 17.7 Å². The SMILES string of the molecule is O=c1cc[nH]c(Oc2cccc(C=C3CCNCC3)c2)c1. The van der Waals surface area contributed by atoms with Crippen LogP contribution >= 0.6 is 0 Å². The quantitative estimate of drug-likeness (QED) is 0.910. The largest absolute Gasteiger partial charge is 0.441 e. The molecule has 2 heterocycles. The van der Waals surface area contributed by atoms with E-state index in [0.717, 1.165) is 37.2 Å². The lowest BCUT2D eigenvalue weighted by Gasteiger charge is -2.15. The molecule has 0 atom stereocenters. The molecule has 3 rings (SSSR count). The lowest BCUT2D eigenvalue weighted by Crippen LogP contribution is -2.22. The molecule has 0 unspecified atom stereocenters. The number of piperidine rings is 1. The molecule has 4 nitrogen and oxygen atoms in total. The highest BCUT2D eigenvalue weighted by Crippen LogP contribution is 2.22. The van der Waals surface area contributed by atoms with Crippen LogP contribution in [0.25, 0.3) is 6.08 Å². The summed E-state index contributed by atoms with van der Waals surface area (Å²) in [7, 11) is 0. The Balaban J connectivity index is 1.78. The highest BCUT2D eigenvalue weighted by molar-refractivity contribution is 5.55. The first-order chi connectivity index (χ1) is 10.3.